The Kier molecular flexibility index (Phi) is 5.58. The number of nitrogens with zero attached hydrogens (tertiary/aromatic N) is 1. The van der Waals surface area contributed by atoms with Gasteiger partial charge in [-0.15, -0.1) is 11.3 Å². The number of aromatic nitrogens is 1. The van der Waals surface area contributed by atoms with Crippen LogP contribution in [0.15, 0.2) is 5.51 Å². The van der Waals surface area contributed by atoms with Crippen LogP contribution >= 0.6 is 11.3 Å². The number of carbonyl (C=O) groups is 1. The van der Waals surface area contributed by atoms with E-state index in [1.54, 1.807) is 12.6 Å². The minimum atomic E-state index is -0.119. The van der Waals surface area contributed by atoms with Crippen LogP contribution in [0.1, 0.15) is 49.0 Å². The average Bonchev–Trinajstić information content (AvgIpc) is 2.96. The third-order valence-corrected chi connectivity index (χ3v) is 5.05. The highest BCUT2D eigenvalue weighted by molar-refractivity contribution is 7.11. The van der Waals surface area contributed by atoms with Crippen molar-refractivity contribution in [2.24, 2.45) is 5.41 Å². The summed E-state index contributed by atoms with van der Waals surface area (Å²) in [5.74, 6) is -0.0126. The summed E-state index contributed by atoms with van der Waals surface area (Å²) in [6.45, 7) is 9.54. The fourth-order valence-electron chi connectivity index (χ4n) is 2.92. The van der Waals surface area contributed by atoms with E-state index in [0.717, 1.165) is 36.5 Å². The lowest BCUT2D eigenvalue weighted by atomic mass is 9.79. The molecule has 0 spiro atoms. The number of hydrogen-bond donors (Lipinski definition) is 2. The molecule has 0 saturated carbocycles. The van der Waals surface area contributed by atoms with Gasteiger partial charge in [-0.2, -0.15) is 0 Å². The van der Waals surface area contributed by atoms with Crippen LogP contribution in [0.4, 0.5) is 0 Å². The van der Waals surface area contributed by atoms with Crippen molar-refractivity contribution in [3.05, 3.63) is 16.1 Å². The van der Waals surface area contributed by atoms with Crippen LogP contribution in [0, 0.1) is 5.41 Å². The zero-order chi connectivity index (χ0) is 16.2. The zero-order valence-corrected chi connectivity index (χ0v) is 14.8. The lowest BCUT2D eigenvalue weighted by Gasteiger charge is -2.37. The summed E-state index contributed by atoms with van der Waals surface area (Å²) in [5.41, 5.74) is 2.56. The van der Waals surface area contributed by atoms with Crippen LogP contribution in [-0.2, 0) is 10.2 Å². The van der Waals surface area contributed by atoms with E-state index in [1.165, 1.54) is 11.3 Å². The van der Waals surface area contributed by atoms with Gasteiger partial charge in [0.15, 0.2) is 0 Å². The second-order valence-corrected chi connectivity index (χ2v) is 8.00. The Hall–Kier alpha value is -0.980. The molecule has 2 N–H and O–H groups in total. The van der Waals surface area contributed by atoms with E-state index < -0.39 is 0 Å². The van der Waals surface area contributed by atoms with Crippen LogP contribution in [0.25, 0.3) is 0 Å². The minimum absolute atomic E-state index is 0.0126. The molecular weight excluding hydrogens is 298 g/mol. The van der Waals surface area contributed by atoms with Crippen molar-refractivity contribution in [1.29, 1.82) is 0 Å². The molecular formula is C16H27N3O2S. The number of hydrogen-bond acceptors (Lipinski definition) is 5. The summed E-state index contributed by atoms with van der Waals surface area (Å²) in [7, 11) is 1.73. The highest BCUT2D eigenvalue weighted by Crippen LogP contribution is 2.30. The lowest BCUT2D eigenvalue weighted by molar-refractivity contribution is 0.0512. The molecule has 2 heterocycles. The molecule has 0 aliphatic carbocycles. The van der Waals surface area contributed by atoms with Gasteiger partial charge in [0.1, 0.15) is 4.88 Å². The Morgan fingerprint density at radius 1 is 1.45 bits per heavy atom. The molecule has 0 aromatic carbocycles. The van der Waals surface area contributed by atoms with Gasteiger partial charge in [-0.1, -0.05) is 20.8 Å². The first-order valence-corrected chi connectivity index (χ1v) is 8.68. The number of carbonyl (C=O) groups excluding carboxylic acids is 1. The molecule has 0 bridgehead atoms. The number of nitrogens with one attached hydrogen (secondary N) is 2. The summed E-state index contributed by atoms with van der Waals surface area (Å²) < 4.78 is 5.40. The average molecular weight is 325 g/mol. The normalized spacial score (nSPS) is 18.2. The smallest absolute Gasteiger partial charge is 0.263 e. The second-order valence-electron chi connectivity index (χ2n) is 7.15. The number of amides is 1. The summed E-state index contributed by atoms with van der Waals surface area (Å²) in [6.07, 6.45) is 2.05. The number of rotatable bonds is 5. The molecule has 22 heavy (non-hydrogen) atoms. The Balaban J connectivity index is 2.04. The van der Waals surface area contributed by atoms with Gasteiger partial charge in [-0.3, -0.25) is 4.79 Å². The van der Waals surface area contributed by atoms with E-state index in [9.17, 15) is 4.79 Å². The van der Waals surface area contributed by atoms with Crippen LogP contribution < -0.4 is 10.6 Å². The number of methoxy groups -OCH3 is 1. The van der Waals surface area contributed by atoms with Crippen LogP contribution in [0.3, 0.4) is 0 Å². The van der Waals surface area contributed by atoms with Gasteiger partial charge in [-0.05, 0) is 25.9 Å². The highest BCUT2D eigenvalue weighted by atomic mass is 32.1. The molecule has 0 radical (unpaired) electrons. The van der Waals surface area contributed by atoms with Crippen LogP contribution in [-0.4, -0.2) is 44.2 Å². The van der Waals surface area contributed by atoms with Crippen molar-refractivity contribution in [3.63, 3.8) is 0 Å². The van der Waals surface area contributed by atoms with E-state index in [-0.39, 0.29) is 16.7 Å². The van der Waals surface area contributed by atoms with Gasteiger partial charge >= 0.3 is 0 Å². The molecule has 6 heteroatoms. The first-order chi connectivity index (χ1) is 10.4. The fourth-order valence-corrected chi connectivity index (χ4v) is 3.84. The quantitative estimate of drug-likeness (QED) is 0.871. The van der Waals surface area contributed by atoms with E-state index in [0.29, 0.717) is 13.2 Å². The number of thiazole rings is 1. The molecule has 2 rings (SSSR count). The van der Waals surface area contributed by atoms with Gasteiger partial charge < -0.3 is 15.4 Å². The van der Waals surface area contributed by atoms with Gasteiger partial charge in [-0.25, -0.2) is 4.98 Å². The molecule has 5 nitrogen and oxygen atoms in total. The van der Waals surface area contributed by atoms with Crippen molar-refractivity contribution < 1.29 is 9.53 Å². The summed E-state index contributed by atoms with van der Waals surface area (Å²) >= 11 is 1.42. The Morgan fingerprint density at radius 2 is 2.14 bits per heavy atom. The molecule has 1 saturated heterocycles. The van der Waals surface area contributed by atoms with Crippen molar-refractivity contribution in [2.45, 2.75) is 39.0 Å². The first-order valence-electron chi connectivity index (χ1n) is 7.80. The lowest BCUT2D eigenvalue weighted by Crippen LogP contribution is -2.47. The van der Waals surface area contributed by atoms with Gasteiger partial charge in [0.2, 0.25) is 0 Å². The summed E-state index contributed by atoms with van der Waals surface area (Å²) in [5, 5.41) is 6.48. The molecule has 124 valence electrons. The third kappa shape index (κ3) is 4.06. The largest absolute Gasteiger partial charge is 0.384 e. The maximum atomic E-state index is 12.6. The molecule has 1 aromatic rings. The monoisotopic (exact) mass is 325 g/mol. The Labute approximate surface area is 136 Å². The number of ether oxygens (including phenoxy) is 1. The first kappa shape index (κ1) is 17.4. The van der Waals surface area contributed by atoms with Crippen LogP contribution in [0.5, 0.6) is 0 Å². The van der Waals surface area contributed by atoms with E-state index in [2.05, 4.69) is 36.4 Å². The van der Waals surface area contributed by atoms with Crippen LogP contribution in [0.2, 0.25) is 0 Å². The molecule has 1 aliphatic rings. The predicted molar refractivity (Wildman–Crippen MR) is 89.6 cm³/mol. The molecule has 1 fully saturated rings. The van der Waals surface area contributed by atoms with Gasteiger partial charge in [0, 0.05) is 24.5 Å². The van der Waals surface area contributed by atoms with Crippen molar-refractivity contribution >= 4 is 17.2 Å². The van der Waals surface area contributed by atoms with Crippen molar-refractivity contribution in [3.8, 4) is 0 Å². The topological polar surface area (TPSA) is 63.2 Å². The molecule has 1 aliphatic heterocycles. The van der Waals surface area contributed by atoms with Gasteiger partial charge in [0.25, 0.3) is 5.91 Å². The fraction of sp³-hybridized carbons (Fsp3) is 0.750. The molecule has 0 unspecified atom stereocenters. The minimum Gasteiger partial charge on any atom is -0.384 e. The zero-order valence-electron chi connectivity index (χ0n) is 14.0. The predicted octanol–water partition coefficient (Wildman–Crippen LogP) is 2.19. The molecule has 1 amide bonds. The summed E-state index contributed by atoms with van der Waals surface area (Å²) in [4.78, 5) is 17.7. The van der Waals surface area contributed by atoms with E-state index in [4.69, 9.17) is 4.74 Å². The Morgan fingerprint density at radius 3 is 2.73 bits per heavy atom. The van der Waals surface area contributed by atoms with Crippen molar-refractivity contribution in [2.75, 3.05) is 33.4 Å². The SMILES string of the molecule is COCC1(CNC(=O)c2scnc2C(C)(C)C)CCNCC1. The van der Waals surface area contributed by atoms with E-state index in [1.807, 2.05) is 0 Å². The number of piperidine rings is 1. The molecule has 0 atom stereocenters. The summed E-state index contributed by atoms with van der Waals surface area (Å²) in [6, 6.07) is 0. The maximum absolute atomic E-state index is 12.6. The standard InChI is InChI=1S/C16H27N3O2S/c1-15(2,3)13-12(22-11-19-13)14(20)18-9-16(10-21-4)5-7-17-8-6-16/h11,17H,5-10H2,1-4H3,(H,18,20). The van der Waals surface area contributed by atoms with E-state index >= 15 is 0 Å². The Bertz CT molecular complexity index is 496. The van der Waals surface area contributed by atoms with Crippen molar-refractivity contribution in [1.82, 2.24) is 15.6 Å². The maximum Gasteiger partial charge on any atom is 0.263 e. The van der Waals surface area contributed by atoms with Gasteiger partial charge in [0.05, 0.1) is 17.8 Å². The highest BCUT2D eigenvalue weighted by Gasteiger charge is 2.33. The molecule has 1 aromatic heterocycles. The third-order valence-electron chi connectivity index (χ3n) is 4.22. The second kappa shape index (κ2) is 7.06.